The van der Waals surface area contributed by atoms with Crippen LogP contribution in [0.4, 0.5) is 0 Å². The van der Waals surface area contributed by atoms with Gasteiger partial charge in [0.05, 0.1) is 6.04 Å². The van der Waals surface area contributed by atoms with Gasteiger partial charge < -0.3 is 4.90 Å². The van der Waals surface area contributed by atoms with Gasteiger partial charge in [-0.25, -0.2) is 4.99 Å². The highest BCUT2D eigenvalue weighted by molar-refractivity contribution is 5.46. The van der Waals surface area contributed by atoms with Crippen molar-refractivity contribution >= 4 is 5.87 Å². The van der Waals surface area contributed by atoms with E-state index < -0.39 is 0 Å². The molecule has 0 N–H and O–H groups in total. The molecule has 0 saturated carbocycles. The maximum Gasteiger partial charge on any atom is 0.0618 e. The Labute approximate surface area is 62.3 Å². The molecule has 0 aromatic heterocycles. The van der Waals surface area contributed by atoms with Crippen LogP contribution in [0.2, 0.25) is 0 Å². The zero-order valence-electron chi connectivity index (χ0n) is 6.51. The predicted molar refractivity (Wildman–Crippen MR) is 43.6 cm³/mol. The number of rotatable bonds is 1. The SMILES string of the molecule is C=C=NC1CCN(C)CC1. The predicted octanol–water partition coefficient (Wildman–Crippen LogP) is 0.936. The van der Waals surface area contributed by atoms with Gasteiger partial charge in [0.1, 0.15) is 0 Å². The fraction of sp³-hybridized carbons (Fsp3) is 0.750. The molecule has 10 heavy (non-hydrogen) atoms. The van der Waals surface area contributed by atoms with Crippen LogP contribution in [0.15, 0.2) is 11.6 Å². The zero-order valence-corrected chi connectivity index (χ0v) is 6.51. The Morgan fingerprint density at radius 3 is 2.60 bits per heavy atom. The van der Waals surface area contributed by atoms with Crippen LogP contribution in [0, 0.1) is 0 Å². The van der Waals surface area contributed by atoms with Crippen LogP contribution in [0.1, 0.15) is 12.8 Å². The maximum absolute atomic E-state index is 4.13. The van der Waals surface area contributed by atoms with E-state index in [1.54, 1.807) is 0 Å². The molecule has 0 aromatic carbocycles. The van der Waals surface area contributed by atoms with Crippen molar-refractivity contribution in [1.29, 1.82) is 0 Å². The lowest BCUT2D eigenvalue weighted by molar-refractivity contribution is 0.257. The van der Waals surface area contributed by atoms with Gasteiger partial charge in [0.2, 0.25) is 0 Å². The number of nitrogens with zero attached hydrogens (tertiary/aromatic N) is 2. The molecule has 1 aliphatic rings. The summed E-state index contributed by atoms with van der Waals surface area (Å²) in [6.07, 6.45) is 2.33. The van der Waals surface area contributed by atoms with E-state index in [9.17, 15) is 0 Å². The molecule has 0 unspecified atom stereocenters. The molecule has 0 aromatic rings. The molecule has 1 heterocycles. The summed E-state index contributed by atoms with van der Waals surface area (Å²) in [5, 5.41) is 0. The molecule has 0 atom stereocenters. The van der Waals surface area contributed by atoms with Crippen molar-refractivity contribution in [1.82, 2.24) is 4.90 Å². The van der Waals surface area contributed by atoms with Crippen molar-refractivity contribution in [3.8, 4) is 0 Å². The topological polar surface area (TPSA) is 15.6 Å². The number of hydrogen-bond acceptors (Lipinski definition) is 2. The van der Waals surface area contributed by atoms with Crippen molar-refractivity contribution in [2.45, 2.75) is 18.9 Å². The van der Waals surface area contributed by atoms with E-state index in [1.807, 2.05) is 0 Å². The summed E-state index contributed by atoms with van der Waals surface area (Å²) in [5.74, 6) is 2.61. The summed E-state index contributed by atoms with van der Waals surface area (Å²) < 4.78 is 0. The van der Waals surface area contributed by atoms with Crippen molar-refractivity contribution < 1.29 is 0 Å². The van der Waals surface area contributed by atoms with Crippen molar-refractivity contribution in [3.05, 3.63) is 6.58 Å². The van der Waals surface area contributed by atoms with Gasteiger partial charge in [0.15, 0.2) is 0 Å². The molecule has 56 valence electrons. The molecule has 2 heteroatoms. The highest BCUT2D eigenvalue weighted by atomic mass is 15.1. The monoisotopic (exact) mass is 138 g/mol. The molecule has 1 aliphatic heterocycles. The normalized spacial score (nSPS) is 22.1. The highest BCUT2D eigenvalue weighted by Gasteiger charge is 2.14. The van der Waals surface area contributed by atoms with Crippen LogP contribution in [0.3, 0.4) is 0 Å². The van der Waals surface area contributed by atoms with Gasteiger partial charge in [-0.2, -0.15) is 0 Å². The van der Waals surface area contributed by atoms with E-state index >= 15 is 0 Å². The lowest BCUT2D eigenvalue weighted by Gasteiger charge is -2.25. The Hall–Kier alpha value is -0.590. The average molecular weight is 138 g/mol. The van der Waals surface area contributed by atoms with Crippen molar-refractivity contribution in [2.75, 3.05) is 20.1 Å². The van der Waals surface area contributed by atoms with Crippen LogP contribution >= 0.6 is 0 Å². The van der Waals surface area contributed by atoms with Gasteiger partial charge in [-0.1, -0.05) is 0 Å². The first-order valence-corrected chi connectivity index (χ1v) is 3.73. The Morgan fingerprint density at radius 1 is 1.50 bits per heavy atom. The van der Waals surface area contributed by atoms with Crippen molar-refractivity contribution in [2.24, 2.45) is 4.99 Å². The fourth-order valence-corrected chi connectivity index (χ4v) is 1.25. The van der Waals surface area contributed by atoms with Crippen molar-refractivity contribution in [3.63, 3.8) is 0 Å². The highest BCUT2D eigenvalue weighted by Crippen LogP contribution is 2.10. The second-order valence-electron chi connectivity index (χ2n) is 2.82. The molecular formula is C8H14N2. The molecule has 0 bridgehead atoms. The smallest absolute Gasteiger partial charge is 0.0618 e. The van der Waals surface area contributed by atoms with E-state index in [0.29, 0.717) is 6.04 Å². The summed E-state index contributed by atoms with van der Waals surface area (Å²) >= 11 is 0. The fourth-order valence-electron chi connectivity index (χ4n) is 1.25. The molecule has 1 saturated heterocycles. The van der Waals surface area contributed by atoms with Gasteiger partial charge in [0.25, 0.3) is 0 Å². The van der Waals surface area contributed by atoms with E-state index in [-0.39, 0.29) is 0 Å². The van der Waals surface area contributed by atoms with E-state index in [2.05, 4.69) is 29.4 Å². The van der Waals surface area contributed by atoms with Crippen LogP contribution in [0.5, 0.6) is 0 Å². The molecule has 0 spiro atoms. The first kappa shape index (κ1) is 7.52. The summed E-state index contributed by atoms with van der Waals surface area (Å²) in [4.78, 5) is 6.46. The van der Waals surface area contributed by atoms with E-state index in [1.165, 1.54) is 12.8 Å². The molecule has 1 rings (SSSR count). The lowest BCUT2D eigenvalue weighted by atomic mass is 10.1. The number of likely N-dealkylation sites (tertiary alicyclic amines) is 1. The van der Waals surface area contributed by atoms with Gasteiger partial charge in [0, 0.05) is 0 Å². The van der Waals surface area contributed by atoms with Crippen LogP contribution in [-0.4, -0.2) is 36.9 Å². The lowest BCUT2D eigenvalue weighted by Crippen LogP contribution is -2.31. The summed E-state index contributed by atoms with van der Waals surface area (Å²) in [5.41, 5.74) is 0. The average Bonchev–Trinajstić information content (AvgIpc) is 1.95. The summed E-state index contributed by atoms with van der Waals surface area (Å²) in [7, 11) is 2.15. The third kappa shape index (κ3) is 1.98. The molecular weight excluding hydrogens is 124 g/mol. The van der Waals surface area contributed by atoms with Gasteiger partial charge >= 0.3 is 0 Å². The Morgan fingerprint density at radius 2 is 2.10 bits per heavy atom. The second-order valence-corrected chi connectivity index (χ2v) is 2.82. The summed E-state index contributed by atoms with van der Waals surface area (Å²) in [6.45, 7) is 5.79. The number of hydrogen-bond donors (Lipinski definition) is 0. The Bertz CT molecular complexity index is 139. The molecule has 0 amide bonds. The van der Waals surface area contributed by atoms with Gasteiger partial charge in [-0.05, 0) is 45.4 Å². The maximum atomic E-state index is 4.13. The van der Waals surface area contributed by atoms with Gasteiger partial charge in [-0.15, -0.1) is 0 Å². The number of piperidine rings is 1. The standard InChI is InChI=1S/C8H14N2/c1-3-9-8-4-6-10(2)7-5-8/h8H,1,4-7H2,2H3. The summed E-state index contributed by atoms with van der Waals surface area (Å²) in [6, 6.07) is 0.494. The quantitative estimate of drug-likeness (QED) is 0.492. The minimum Gasteiger partial charge on any atom is -0.306 e. The van der Waals surface area contributed by atoms with Crippen LogP contribution in [0.25, 0.3) is 0 Å². The van der Waals surface area contributed by atoms with Crippen LogP contribution in [-0.2, 0) is 0 Å². The minimum absolute atomic E-state index is 0.494. The Kier molecular flexibility index (Phi) is 2.67. The van der Waals surface area contributed by atoms with Crippen LogP contribution < -0.4 is 0 Å². The third-order valence-electron chi connectivity index (χ3n) is 1.96. The first-order chi connectivity index (χ1) is 4.83. The third-order valence-corrected chi connectivity index (χ3v) is 1.96. The molecule has 0 aliphatic carbocycles. The van der Waals surface area contributed by atoms with Gasteiger partial charge in [-0.3, -0.25) is 0 Å². The van der Waals surface area contributed by atoms with E-state index in [4.69, 9.17) is 0 Å². The molecule has 1 fully saturated rings. The Balaban J connectivity index is 2.32. The van der Waals surface area contributed by atoms with E-state index in [0.717, 1.165) is 13.1 Å². The molecule has 2 nitrogen and oxygen atoms in total. The number of aliphatic imine (C=N–C) groups is 1. The first-order valence-electron chi connectivity index (χ1n) is 3.73. The minimum atomic E-state index is 0.494. The molecule has 0 radical (unpaired) electrons. The second kappa shape index (κ2) is 3.55. The largest absolute Gasteiger partial charge is 0.306 e. The zero-order chi connectivity index (χ0) is 7.40.